The summed E-state index contributed by atoms with van der Waals surface area (Å²) in [5.41, 5.74) is 5.23. The highest BCUT2D eigenvalue weighted by molar-refractivity contribution is 5.99. The van der Waals surface area contributed by atoms with E-state index in [1.807, 2.05) is 5.32 Å². The van der Waals surface area contributed by atoms with E-state index in [-0.39, 0.29) is 13.1 Å². The molecule has 0 radical (unpaired) electrons. The summed E-state index contributed by atoms with van der Waals surface area (Å²) in [6, 6.07) is -1.24. The zero-order valence-corrected chi connectivity index (χ0v) is 20.4. The Hall–Kier alpha value is -4.81. The summed E-state index contributed by atoms with van der Waals surface area (Å²) < 4.78 is 0. The lowest BCUT2D eigenvalue weighted by Gasteiger charge is -2.21. The van der Waals surface area contributed by atoms with Crippen molar-refractivity contribution in [2.75, 3.05) is 58.9 Å². The Morgan fingerprint density at radius 2 is 1.13 bits per heavy atom. The second kappa shape index (κ2) is 17.6. The molecule has 0 aliphatic carbocycles. The molecule has 0 aromatic rings. The Labute approximate surface area is 215 Å². The van der Waals surface area contributed by atoms with Gasteiger partial charge < -0.3 is 47.0 Å². The average Bonchev–Trinajstić information content (AvgIpc) is 2.81. The summed E-state index contributed by atoms with van der Waals surface area (Å²) in [5, 5.41) is 28.2. The highest BCUT2D eigenvalue weighted by atomic mass is 16.4. The Balaban J connectivity index is 4.88. The third kappa shape index (κ3) is 16.0. The molecule has 0 aliphatic heterocycles. The Morgan fingerprint density at radius 1 is 0.632 bits per heavy atom. The number of urea groups is 1. The molecule has 0 saturated carbocycles. The molecule has 0 fully saturated rings. The maximum atomic E-state index is 12.2. The van der Waals surface area contributed by atoms with Crippen LogP contribution in [0.2, 0.25) is 0 Å². The van der Waals surface area contributed by atoms with Gasteiger partial charge in [0.05, 0.1) is 19.6 Å². The van der Waals surface area contributed by atoms with E-state index in [9.17, 15) is 43.2 Å². The summed E-state index contributed by atoms with van der Waals surface area (Å²) in [6.07, 6.45) is 0. The van der Waals surface area contributed by atoms with Crippen LogP contribution in [0, 0.1) is 0 Å². The summed E-state index contributed by atoms with van der Waals surface area (Å²) in [5.74, 6) is -8.01. The molecular weight excluding hydrogens is 516 g/mol. The number of nitrogens with one attached hydrogen (secondary N) is 5. The SMILES string of the molecule is CC(=O)NCC(=O)NCC(=O)N(CC(=O)O)CC(=O)NC(=O)NCC(=O)N(CC(=O)O)CC(=O)NCCN. The molecule has 0 unspecified atom stereocenters. The Morgan fingerprint density at radius 3 is 1.61 bits per heavy atom. The van der Waals surface area contributed by atoms with Crippen LogP contribution in [0.4, 0.5) is 4.79 Å². The van der Waals surface area contributed by atoms with Gasteiger partial charge in [0.15, 0.2) is 0 Å². The standard InChI is InChI=1S/C19H30N8O11/c1-11(28)22-4-12(29)23-5-15(32)27(10-18(36)37)8-14(31)25-19(38)24-6-16(33)26(9-17(34)35)7-13(30)21-3-2-20/h2-10,20H2,1H3,(H,21,30)(H,22,28)(H,23,29)(H,34,35)(H,36,37)(H2,24,25,31,38). The lowest BCUT2D eigenvalue weighted by atomic mass is 10.4. The zero-order chi connectivity index (χ0) is 29.3. The van der Waals surface area contributed by atoms with Crippen molar-refractivity contribution in [1.82, 2.24) is 36.4 Å². The number of nitrogens with two attached hydrogens (primary N) is 1. The number of carboxylic acid groups (broad SMARTS) is 2. The second-order valence-electron chi connectivity index (χ2n) is 7.34. The van der Waals surface area contributed by atoms with Gasteiger partial charge in [-0.15, -0.1) is 0 Å². The first kappa shape index (κ1) is 33.2. The highest BCUT2D eigenvalue weighted by Crippen LogP contribution is 1.92. The van der Waals surface area contributed by atoms with Crippen molar-refractivity contribution in [2.45, 2.75) is 6.92 Å². The Kier molecular flexibility index (Phi) is 15.4. The van der Waals surface area contributed by atoms with Crippen molar-refractivity contribution in [3.63, 3.8) is 0 Å². The Bertz CT molecular complexity index is 940. The van der Waals surface area contributed by atoms with Crippen molar-refractivity contribution < 1.29 is 53.4 Å². The number of nitrogens with zero attached hydrogens (tertiary/aromatic N) is 2. The molecule has 212 valence electrons. The molecule has 0 rings (SSSR count). The van der Waals surface area contributed by atoms with Crippen molar-refractivity contribution in [2.24, 2.45) is 5.73 Å². The van der Waals surface area contributed by atoms with E-state index in [1.165, 1.54) is 0 Å². The van der Waals surface area contributed by atoms with E-state index in [0.717, 1.165) is 6.92 Å². The van der Waals surface area contributed by atoms with Crippen molar-refractivity contribution in [3.05, 3.63) is 0 Å². The van der Waals surface area contributed by atoms with Gasteiger partial charge in [0.25, 0.3) is 0 Å². The van der Waals surface area contributed by atoms with E-state index in [1.54, 1.807) is 5.32 Å². The van der Waals surface area contributed by atoms with Gasteiger partial charge in [0, 0.05) is 20.0 Å². The summed E-state index contributed by atoms with van der Waals surface area (Å²) >= 11 is 0. The summed E-state index contributed by atoms with van der Waals surface area (Å²) in [4.78, 5) is 106. The number of carbonyl (C=O) groups is 9. The molecule has 0 bridgehead atoms. The number of amides is 8. The highest BCUT2D eigenvalue weighted by Gasteiger charge is 2.23. The third-order valence-corrected chi connectivity index (χ3v) is 4.08. The second-order valence-corrected chi connectivity index (χ2v) is 7.34. The number of carbonyl (C=O) groups excluding carboxylic acids is 7. The molecule has 0 saturated heterocycles. The largest absolute Gasteiger partial charge is 0.480 e. The van der Waals surface area contributed by atoms with E-state index in [4.69, 9.17) is 15.9 Å². The topological polar surface area (TPSA) is 287 Å². The molecule has 0 spiro atoms. The van der Waals surface area contributed by atoms with Crippen molar-refractivity contribution in [1.29, 1.82) is 0 Å². The number of hydrogen-bond acceptors (Lipinski definition) is 10. The van der Waals surface area contributed by atoms with E-state index in [0.29, 0.717) is 9.80 Å². The number of aliphatic carboxylic acids is 2. The molecule has 0 aliphatic rings. The third-order valence-electron chi connectivity index (χ3n) is 4.08. The summed E-state index contributed by atoms with van der Waals surface area (Å²) in [6.45, 7) is -3.97. The van der Waals surface area contributed by atoms with Gasteiger partial charge in [-0.2, -0.15) is 0 Å². The predicted molar refractivity (Wildman–Crippen MR) is 124 cm³/mol. The minimum atomic E-state index is -1.50. The van der Waals surface area contributed by atoms with Crippen molar-refractivity contribution >= 4 is 53.4 Å². The van der Waals surface area contributed by atoms with Crippen LogP contribution < -0.4 is 32.3 Å². The first-order chi connectivity index (χ1) is 17.7. The van der Waals surface area contributed by atoms with Gasteiger partial charge in [-0.25, -0.2) is 4.79 Å². The lowest BCUT2D eigenvalue weighted by Crippen LogP contribution is -2.52. The van der Waals surface area contributed by atoms with Gasteiger partial charge >= 0.3 is 18.0 Å². The van der Waals surface area contributed by atoms with Crippen LogP contribution in [-0.4, -0.2) is 132 Å². The molecule has 0 aromatic heterocycles. The van der Waals surface area contributed by atoms with E-state index < -0.39 is 99.2 Å². The average molecular weight is 546 g/mol. The molecule has 0 heterocycles. The molecule has 0 aromatic carbocycles. The maximum Gasteiger partial charge on any atom is 0.323 e. The molecular formula is C19H30N8O11. The first-order valence-electron chi connectivity index (χ1n) is 10.8. The fourth-order valence-electron chi connectivity index (χ4n) is 2.44. The zero-order valence-electron chi connectivity index (χ0n) is 20.4. The van der Waals surface area contributed by atoms with E-state index >= 15 is 0 Å². The predicted octanol–water partition coefficient (Wildman–Crippen LogP) is -6.03. The molecule has 9 N–H and O–H groups in total. The lowest BCUT2D eigenvalue weighted by molar-refractivity contribution is -0.145. The van der Waals surface area contributed by atoms with Crippen LogP contribution in [0.3, 0.4) is 0 Å². The van der Waals surface area contributed by atoms with Gasteiger partial charge in [0.1, 0.15) is 26.2 Å². The number of imide groups is 1. The quantitative estimate of drug-likeness (QED) is 0.0897. The molecule has 19 nitrogen and oxygen atoms in total. The minimum absolute atomic E-state index is 0.0849. The maximum absolute atomic E-state index is 12.2. The smallest absolute Gasteiger partial charge is 0.323 e. The van der Waals surface area contributed by atoms with Crippen LogP contribution in [0.25, 0.3) is 0 Å². The number of rotatable bonds is 16. The van der Waals surface area contributed by atoms with Crippen LogP contribution in [-0.2, 0) is 38.4 Å². The van der Waals surface area contributed by atoms with Gasteiger partial charge in [-0.05, 0) is 0 Å². The van der Waals surface area contributed by atoms with Crippen LogP contribution in [0.5, 0.6) is 0 Å². The first-order valence-corrected chi connectivity index (χ1v) is 10.8. The van der Waals surface area contributed by atoms with Gasteiger partial charge in [-0.3, -0.25) is 43.7 Å². The van der Waals surface area contributed by atoms with Crippen LogP contribution >= 0.6 is 0 Å². The molecule has 38 heavy (non-hydrogen) atoms. The van der Waals surface area contributed by atoms with Crippen molar-refractivity contribution in [3.8, 4) is 0 Å². The number of hydrogen-bond donors (Lipinski definition) is 8. The fraction of sp³-hybridized carbons (Fsp3) is 0.526. The van der Waals surface area contributed by atoms with Crippen LogP contribution in [0.1, 0.15) is 6.92 Å². The fourth-order valence-corrected chi connectivity index (χ4v) is 2.44. The summed E-state index contributed by atoms with van der Waals surface area (Å²) in [7, 11) is 0. The normalized spacial score (nSPS) is 9.84. The monoisotopic (exact) mass is 546 g/mol. The molecule has 8 amide bonds. The van der Waals surface area contributed by atoms with Gasteiger partial charge in [-0.1, -0.05) is 0 Å². The number of carboxylic acids is 2. The van der Waals surface area contributed by atoms with E-state index in [2.05, 4.69) is 16.0 Å². The van der Waals surface area contributed by atoms with Crippen LogP contribution in [0.15, 0.2) is 0 Å². The molecule has 19 heteroatoms. The van der Waals surface area contributed by atoms with Gasteiger partial charge in [0.2, 0.25) is 35.4 Å². The minimum Gasteiger partial charge on any atom is -0.480 e. The molecule has 0 atom stereocenters.